The van der Waals surface area contributed by atoms with Gasteiger partial charge >= 0.3 is 6.03 Å². The van der Waals surface area contributed by atoms with Crippen LogP contribution in [0.4, 0.5) is 15.6 Å². The monoisotopic (exact) mass is 629 g/mol. The topological polar surface area (TPSA) is 96.9 Å². The summed E-state index contributed by atoms with van der Waals surface area (Å²) in [6, 6.07) is 17.0. The molecule has 4 rings (SSSR count). The molecule has 0 bridgehead atoms. The third-order valence-electron chi connectivity index (χ3n) is 5.33. The van der Waals surface area contributed by atoms with Gasteiger partial charge in [-0.25, -0.2) is 9.78 Å². The molecule has 0 aliphatic rings. The molecule has 0 unspecified atom stereocenters. The number of nitrogens with one attached hydrogen (secondary N) is 1. The first-order valence-corrected chi connectivity index (χ1v) is 14.8. The number of carbonyl (C=O) groups excluding carboxylic acids is 2. The van der Waals surface area contributed by atoms with Crippen LogP contribution in [0.5, 0.6) is 5.75 Å². The van der Waals surface area contributed by atoms with Crippen LogP contribution in [-0.2, 0) is 4.74 Å². The van der Waals surface area contributed by atoms with Crippen molar-refractivity contribution in [1.82, 2.24) is 14.9 Å². The van der Waals surface area contributed by atoms with Gasteiger partial charge in [-0.3, -0.25) is 20.0 Å². The Hall–Kier alpha value is -3.54. The van der Waals surface area contributed by atoms with Gasteiger partial charge < -0.3 is 14.4 Å². The number of urea groups is 1. The molecule has 0 radical (unpaired) electrons. The first-order valence-electron chi connectivity index (χ1n) is 12.4. The molecule has 9 nitrogen and oxygen atoms in total. The highest BCUT2D eigenvalue weighted by molar-refractivity contribution is 9.08. The lowest BCUT2D eigenvalue weighted by Gasteiger charge is -2.21. The summed E-state index contributed by atoms with van der Waals surface area (Å²) in [5.41, 5.74) is 4.27. The number of halogens is 1. The maximum atomic E-state index is 12.2. The number of pyridine rings is 1. The van der Waals surface area contributed by atoms with E-state index in [1.165, 1.54) is 16.9 Å². The Morgan fingerprint density at radius 2 is 1.65 bits per heavy atom. The van der Waals surface area contributed by atoms with Crippen molar-refractivity contribution in [2.45, 2.75) is 20.8 Å². The molecular weight excluding hydrogens is 594 g/mol. The highest BCUT2D eigenvalue weighted by Gasteiger charge is 2.12. The summed E-state index contributed by atoms with van der Waals surface area (Å²) in [5, 5.41) is 3.31. The molecule has 0 saturated carbocycles. The van der Waals surface area contributed by atoms with Gasteiger partial charge in [-0.2, -0.15) is 0 Å². The fraction of sp³-hybridized carbons (Fsp3) is 0.310. The van der Waals surface area contributed by atoms with E-state index in [1.807, 2.05) is 75.1 Å². The maximum absolute atomic E-state index is 12.2. The van der Waals surface area contributed by atoms with Crippen LogP contribution >= 0.6 is 27.3 Å². The van der Waals surface area contributed by atoms with Gasteiger partial charge in [0.15, 0.2) is 11.9 Å². The van der Waals surface area contributed by atoms with Crippen molar-refractivity contribution in [3.8, 4) is 5.75 Å². The number of anilines is 2. The SMILES string of the molecule is CBr.CCOCOc1ccc2nc(NC(=O)c3ccc(C)cn3)sc2c1.Cc1ccc(N(C)C(=O)N(C)C)cc1. The molecule has 4 aromatic rings. The molecule has 0 saturated heterocycles. The van der Waals surface area contributed by atoms with Gasteiger partial charge in [0.2, 0.25) is 0 Å². The number of rotatable bonds is 7. The predicted molar refractivity (Wildman–Crippen MR) is 167 cm³/mol. The second-order valence-corrected chi connectivity index (χ2v) is 9.68. The third-order valence-corrected chi connectivity index (χ3v) is 6.26. The van der Waals surface area contributed by atoms with Gasteiger partial charge in [-0.15, -0.1) is 0 Å². The summed E-state index contributed by atoms with van der Waals surface area (Å²) in [6.45, 7) is 6.67. The molecule has 2 heterocycles. The molecule has 3 amide bonds. The smallest absolute Gasteiger partial charge is 0.323 e. The number of ether oxygens (including phenoxy) is 2. The van der Waals surface area contributed by atoms with E-state index in [9.17, 15) is 9.59 Å². The number of alkyl halides is 1. The first kappa shape index (κ1) is 32.7. The number of hydrogen-bond acceptors (Lipinski definition) is 7. The van der Waals surface area contributed by atoms with Crippen LogP contribution in [0.25, 0.3) is 10.2 Å². The minimum absolute atomic E-state index is 0.0196. The van der Waals surface area contributed by atoms with Crippen molar-refractivity contribution in [2.75, 3.05) is 50.6 Å². The van der Waals surface area contributed by atoms with E-state index in [2.05, 4.69) is 31.2 Å². The Labute approximate surface area is 248 Å². The summed E-state index contributed by atoms with van der Waals surface area (Å²) < 4.78 is 11.6. The molecule has 214 valence electrons. The summed E-state index contributed by atoms with van der Waals surface area (Å²) in [5.74, 6) is 2.24. The van der Waals surface area contributed by atoms with Crippen LogP contribution in [0.1, 0.15) is 28.5 Å². The van der Waals surface area contributed by atoms with Crippen molar-refractivity contribution in [3.63, 3.8) is 0 Å². The first-order chi connectivity index (χ1) is 19.2. The van der Waals surface area contributed by atoms with E-state index in [4.69, 9.17) is 9.47 Å². The van der Waals surface area contributed by atoms with Gasteiger partial charge in [0.25, 0.3) is 5.91 Å². The Bertz CT molecular complexity index is 1360. The van der Waals surface area contributed by atoms with Gasteiger partial charge in [-0.1, -0.05) is 51.0 Å². The highest BCUT2D eigenvalue weighted by Crippen LogP contribution is 2.29. The average molecular weight is 631 g/mol. The number of amides is 3. The Morgan fingerprint density at radius 3 is 2.25 bits per heavy atom. The van der Waals surface area contributed by atoms with Crippen molar-refractivity contribution in [3.05, 3.63) is 77.6 Å². The number of benzene rings is 2. The fourth-order valence-electron chi connectivity index (χ4n) is 3.18. The second kappa shape index (κ2) is 16.5. The van der Waals surface area contributed by atoms with Crippen LogP contribution < -0.4 is 15.0 Å². The van der Waals surface area contributed by atoms with E-state index in [0.717, 1.165) is 21.5 Å². The van der Waals surface area contributed by atoms with Crippen molar-refractivity contribution in [2.24, 2.45) is 0 Å². The van der Waals surface area contributed by atoms with Crippen LogP contribution in [0.3, 0.4) is 0 Å². The molecule has 2 aromatic carbocycles. The van der Waals surface area contributed by atoms with Crippen LogP contribution in [0.2, 0.25) is 0 Å². The third kappa shape index (κ3) is 9.89. The molecule has 2 aromatic heterocycles. The number of fused-ring (bicyclic) bond motifs is 1. The van der Waals surface area contributed by atoms with Crippen LogP contribution in [-0.4, -0.2) is 67.2 Å². The van der Waals surface area contributed by atoms with Gasteiger partial charge in [0.05, 0.1) is 10.2 Å². The zero-order valence-electron chi connectivity index (χ0n) is 23.9. The number of aromatic nitrogens is 2. The molecule has 40 heavy (non-hydrogen) atoms. The zero-order chi connectivity index (χ0) is 29.7. The van der Waals surface area contributed by atoms with Crippen molar-refractivity contribution >= 4 is 60.2 Å². The number of hydrogen-bond donors (Lipinski definition) is 1. The molecule has 0 atom stereocenters. The summed E-state index contributed by atoms with van der Waals surface area (Å²) in [4.78, 5) is 35.5. The van der Waals surface area contributed by atoms with Gasteiger partial charge in [0, 0.05) is 39.6 Å². The van der Waals surface area contributed by atoms with Crippen LogP contribution in [0, 0.1) is 13.8 Å². The van der Waals surface area contributed by atoms with Crippen molar-refractivity contribution < 1.29 is 19.1 Å². The van der Waals surface area contributed by atoms with Crippen LogP contribution in [0.15, 0.2) is 60.8 Å². The minimum atomic E-state index is -0.276. The van der Waals surface area contributed by atoms with Gasteiger partial charge in [-0.05, 0) is 68.6 Å². The molecular formula is C29H36BrN5O4S. The lowest BCUT2D eigenvalue weighted by atomic mass is 10.2. The molecule has 0 spiro atoms. The van der Waals surface area contributed by atoms with E-state index < -0.39 is 0 Å². The quantitative estimate of drug-likeness (QED) is 0.138. The van der Waals surface area contributed by atoms with E-state index >= 15 is 0 Å². The summed E-state index contributed by atoms with van der Waals surface area (Å²) >= 11 is 4.32. The average Bonchev–Trinajstić information content (AvgIpc) is 3.36. The zero-order valence-corrected chi connectivity index (χ0v) is 26.3. The maximum Gasteiger partial charge on any atom is 0.323 e. The number of nitrogens with zero attached hydrogens (tertiary/aromatic N) is 4. The van der Waals surface area contributed by atoms with E-state index in [-0.39, 0.29) is 18.7 Å². The second-order valence-electron chi connectivity index (χ2n) is 8.65. The lowest BCUT2D eigenvalue weighted by molar-refractivity contribution is 0.0225. The molecule has 0 aliphatic carbocycles. The molecule has 0 fully saturated rings. The molecule has 11 heteroatoms. The lowest BCUT2D eigenvalue weighted by Crippen LogP contribution is -2.36. The van der Waals surface area contributed by atoms with E-state index in [0.29, 0.717) is 23.2 Å². The molecule has 0 aliphatic heterocycles. The number of aryl methyl sites for hydroxylation is 2. The highest BCUT2D eigenvalue weighted by atomic mass is 79.9. The van der Waals surface area contributed by atoms with Crippen molar-refractivity contribution in [1.29, 1.82) is 0 Å². The largest absolute Gasteiger partial charge is 0.468 e. The Morgan fingerprint density at radius 1 is 0.975 bits per heavy atom. The minimum Gasteiger partial charge on any atom is -0.468 e. The normalized spacial score (nSPS) is 10.0. The fourth-order valence-corrected chi connectivity index (χ4v) is 4.07. The Balaban J connectivity index is 0.000000299. The van der Waals surface area contributed by atoms with Gasteiger partial charge in [0.1, 0.15) is 11.4 Å². The standard InChI is InChI=1S/C17H17N3O3S.C11H16N2O.CH3Br/c1-3-22-10-23-12-5-7-13-15(8-12)24-17(19-13)20-16(21)14-6-4-11(2)9-18-14;1-9-5-7-10(8-6-9)13(4)11(14)12(2)3;1-2/h4-9H,3,10H2,1-2H3,(H,19,20,21);5-8H,1-4H3;1H3. The number of carbonyl (C=O) groups is 2. The summed E-state index contributed by atoms with van der Waals surface area (Å²) in [7, 11) is 5.26. The Kier molecular flexibility index (Phi) is 13.5. The predicted octanol–water partition coefficient (Wildman–Crippen LogP) is 6.75. The summed E-state index contributed by atoms with van der Waals surface area (Å²) in [6.07, 6.45) is 1.66. The number of thiazole rings is 1. The molecule has 1 N–H and O–H groups in total. The van der Waals surface area contributed by atoms with E-state index in [1.54, 1.807) is 43.2 Å².